The van der Waals surface area contributed by atoms with Crippen LogP contribution in [0.5, 0.6) is 0 Å². The van der Waals surface area contributed by atoms with Gasteiger partial charge in [-0.25, -0.2) is 4.79 Å². The van der Waals surface area contributed by atoms with E-state index >= 15 is 0 Å². The average Bonchev–Trinajstić information content (AvgIpc) is 3.38. The van der Waals surface area contributed by atoms with E-state index in [1.165, 1.54) is 0 Å². The van der Waals surface area contributed by atoms with Crippen LogP contribution in [0.25, 0.3) is 11.1 Å². The lowest BCUT2D eigenvalue weighted by atomic mass is 9.98. The summed E-state index contributed by atoms with van der Waals surface area (Å²) >= 11 is 0. The van der Waals surface area contributed by atoms with Gasteiger partial charge in [0.1, 0.15) is 6.61 Å². The molecular weight excluding hydrogens is 426 g/mol. The van der Waals surface area contributed by atoms with E-state index in [9.17, 15) is 14.4 Å². The first kappa shape index (κ1) is 22.0. The number of carbonyl (C=O) groups is 3. The molecule has 4 rings (SSSR count). The van der Waals surface area contributed by atoms with Gasteiger partial charge in [-0.15, -0.1) is 5.10 Å². The summed E-state index contributed by atoms with van der Waals surface area (Å²) in [6.07, 6.45) is -0.802. The van der Waals surface area contributed by atoms with Crippen molar-refractivity contribution < 1.29 is 24.2 Å². The Hall–Kier alpha value is -4.21. The van der Waals surface area contributed by atoms with Crippen molar-refractivity contribution in [3.8, 4) is 11.1 Å². The highest BCUT2D eigenvalue weighted by atomic mass is 16.5. The highest BCUT2D eigenvalue weighted by Crippen LogP contribution is 2.44. The van der Waals surface area contributed by atoms with Crippen molar-refractivity contribution in [2.75, 3.05) is 18.5 Å². The fourth-order valence-electron chi connectivity index (χ4n) is 3.87. The number of carboxylic acid groups (broad SMARTS) is 1. The topological polar surface area (TPSA) is 146 Å². The molecule has 0 radical (unpaired) electrons. The second kappa shape index (κ2) is 9.51. The summed E-state index contributed by atoms with van der Waals surface area (Å²) in [7, 11) is 0. The minimum Gasteiger partial charge on any atom is -0.481 e. The van der Waals surface area contributed by atoms with Gasteiger partial charge in [-0.1, -0.05) is 55.5 Å². The number of benzene rings is 2. The molecule has 170 valence electrons. The lowest BCUT2D eigenvalue weighted by molar-refractivity contribution is -0.137. The zero-order chi connectivity index (χ0) is 23.4. The Morgan fingerprint density at radius 1 is 1.09 bits per heavy atom. The van der Waals surface area contributed by atoms with E-state index in [0.29, 0.717) is 0 Å². The Kier molecular flexibility index (Phi) is 6.34. The van der Waals surface area contributed by atoms with Crippen LogP contribution in [-0.2, 0) is 9.53 Å². The summed E-state index contributed by atoms with van der Waals surface area (Å²) in [5, 5.41) is 20.0. The van der Waals surface area contributed by atoms with Gasteiger partial charge in [0.15, 0.2) is 0 Å². The summed E-state index contributed by atoms with van der Waals surface area (Å²) in [5.41, 5.74) is 4.45. The lowest BCUT2D eigenvalue weighted by Gasteiger charge is -2.13. The fraction of sp³-hybridized carbons (Fsp3) is 0.261. The third kappa shape index (κ3) is 5.00. The van der Waals surface area contributed by atoms with Crippen LogP contribution < -0.4 is 10.6 Å². The Bertz CT molecular complexity index is 1150. The van der Waals surface area contributed by atoms with E-state index in [1.54, 1.807) is 6.92 Å². The first-order chi connectivity index (χ1) is 15.9. The van der Waals surface area contributed by atoms with E-state index in [0.717, 1.165) is 22.3 Å². The van der Waals surface area contributed by atoms with E-state index in [-0.39, 0.29) is 43.2 Å². The Morgan fingerprint density at radius 2 is 1.73 bits per heavy atom. The monoisotopic (exact) mass is 449 g/mol. The van der Waals surface area contributed by atoms with Crippen molar-refractivity contribution in [2.24, 2.45) is 5.92 Å². The number of H-pyrrole nitrogens is 1. The van der Waals surface area contributed by atoms with Crippen LogP contribution in [0.3, 0.4) is 0 Å². The largest absolute Gasteiger partial charge is 0.481 e. The normalized spacial score (nSPS) is 13.0. The molecule has 1 atom stereocenters. The van der Waals surface area contributed by atoms with Crippen LogP contribution in [0.15, 0.2) is 48.5 Å². The molecule has 33 heavy (non-hydrogen) atoms. The molecule has 1 aromatic heterocycles. The maximum absolute atomic E-state index is 12.3. The molecule has 10 heteroatoms. The predicted octanol–water partition coefficient (Wildman–Crippen LogP) is 3.01. The molecule has 0 aliphatic heterocycles. The second-order valence-corrected chi connectivity index (χ2v) is 7.87. The predicted molar refractivity (Wildman–Crippen MR) is 119 cm³/mol. The fourth-order valence-corrected chi connectivity index (χ4v) is 3.87. The van der Waals surface area contributed by atoms with E-state index in [1.807, 2.05) is 36.4 Å². The third-order valence-electron chi connectivity index (χ3n) is 5.39. The molecule has 2 amide bonds. The van der Waals surface area contributed by atoms with Crippen molar-refractivity contribution in [1.82, 2.24) is 20.5 Å². The van der Waals surface area contributed by atoms with Gasteiger partial charge in [0.05, 0.1) is 0 Å². The molecule has 0 spiro atoms. The maximum atomic E-state index is 12.3. The molecule has 0 fully saturated rings. The van der Waals surface area contributed by atoms with Crippen molar-refractivity contribution in [1.29, 1.82) is 0 Å². The molecule has 10 nitrogen and oxygen atoms in total. The van der Waals surface area contributed by atoms with Crippen LogP contribution in [0.2, 0.25) is 0 Å². The van der Waals surface area contributed by atoms with Gasteiger partial charge in [0.2, 0.25) is 5.82 Å². The van der Waals surface area contributed by atoms with E-state index < -0.39 is 18.0 Å². The van der Waals surface area contributed by atoms with Crippen LogP contribution in [0.4, 0.5) is 10.7 Å². The molecular formula is C23H23N5O5. The minimum atomic E-state index is -0.939. The number of aromatic amines is 1. The highest BCUT2D eigenvalue weighted by Gasteiger charge is 2.29. The van der Waals surface area contributed by atoms with Gasteiger partial charge in [0, 0.05) is 18.9 Å². The van der Waals surface area contributed by atoms with Gasteiger partial charge < -0.3 is 15.2 Å². The van der Waals surface area contributed by atoms with Crippen molar-refractivity contribution in [3.63, 3.8) is 0 Å². The quantitative estimate of drug-likeness (QED) is 0.413. The molecule has 0 saturated carbocycles. The van der Waals surface area contributed by atoms with Gasteiger partial charge in [-0.2, -0.15) is 4.98 Å². The smallest absolute Gasteiger partial charge is 0.414 e. The number of amides is 2. The Balaban J connectivity index is 1.32. The van der Waals surface area contributed by atoms with E-state index in [4.69, 9.17) is 9.84 Å². The molecule has 4 N–H and O–H groups in total. The number of hydrogen-bond donors (Lipinski definition) is 4. The molecule has 0 bridgehead atoms. The zero-order valence-electron chi connectivity index (χ0n) is 17.9. The molecule has 1 aliphatic carbocycles. The lowest BCUT2D eigenvalue weighted by Crippen LogP contribution is -2.30. The van der Waals surface area contributed by atoms with E-state index in [2.05, 4.69) is 37.9 Å². The third-order valence-corrected chi connectivity index (χ3v) is 5.39. The van der Waals surface area contributed by atoms with Crippen LogP contribution in [-0.4, -0.2) is 51.4 Å². The number of nitrogens with one attached hydrogen (secondary N) is 3. The SMILES string of the molecule is CC(CNC(=O)c1nc(NC(=O)OCC2c3ccccc3-c3ccccc32)n[nH]1)CC(=O)O. The molecule has 1 unspecified atom stereocenters. The molecule has 1 heterocycles. The minimum absolute atomic E-state index is 0.0642. The first-order valence-electron chi connectivity index (χ1n) is 10.5. The first-order valence-corrected chi connectivity index (χ1v) is 10.5. The second-order valence-electron chi connectivity index (χ2n) is 7.87. The summed E-state index contributed by atoms with van der Waals surface area (Å²) in [5.74, 6) is -2.02. The number of rotatable bonds is 8. The Morgan fingerprint density at radius 3 is 2.36 bits per heavy atom. The number of fused-ring (bicyclic) bond motifs is 3. The van der Waals surface area contributed by atoms with Gasteiger partial charge in [-0.3, -0.25) is 20.0 Å². The maximum Gasteiger partial charge on any atom is 0.414 e. The van der Waals surface area contributed by atoms with Crippen LogP contribution in [0.1, 0.15) is 41.0 Å². The summed E-state index contributed by atoms with van der Waals surface area (Å²) in [6.45, 7) is 2.01. The average molecular weight is 449 g/mol. The number of anilines is 1. The molecule has 0 saturated heterocycles. The number of aromatic nitrogens is 3. The zero-order valence-corrected chi connectivity index (χ0v) is 17.9. The van der Waals surface area contributed by atoms with Gasteiger partial charge in [0.25, 0.3) is 11.9 Å². The molecule has 2 aromatic carbocycles. The van der Waals surface area contributed by atoms with Crippen molar-refractivity contribution >= 4 is 23.9 Å². The number of nitrogens with zero attached hydrogens (tertiary/aromatic N) is 2. The van der Waals surface area contributed by atoms with Gasteiger partial charge >= 0.3 is 12.1 Å². The number of carbonyl (C=O) groups excluding carboxylic acids is 2. The summed E-state index contributed by atoms with van der Waals surface area (Å²) < 4.78 is 5.43. The standard InChI is InChI=1S/C23H23N5O5/c1-13(10-19(29)30)11-24-21(31)20-25-22(28-27-20)26-23(32)33-12-18-16-8-4-2-6-14(16)15-7-3-5-9-17(15)18/h2-9,13,18H,10-12H2,1H3,(H,24,31)(H,29,30)(H2,25,26,27,28,32). The van der Waals surface area contributed by atoms with Crippen molar-refractivity contribution in [2.45, 2.75) is 19.3 Å². The number of hydrogen-bond acceptors (Lipinski definition) is 6. The highest BCUT2D eigenvalue weighted by molar-refractivity contribution is 5.91. The van der Waals surface area contributed by atoms with Gasteiger partial charge in [-0.05, 0) is 28.2 Å². The number of carboxylic acids is 1. The van der Waals surface area contributed by atoms with Crippen LogP contribution in [0, 0.1) is 5.92 Å². The molecule has 3 aromatic rings. The number of aliphatic carboxylic acids is 1. The van der Waals surface area contributed by atoms with Crippen molar-refractivity contribution in [3.05, 3.63) is 65.5 Å². The molecule has 1 aliphatic rings. The summed E-state index contributed by atoms with van der Waals surface area (Å²) in [6, 6.07) is 16.0. The Labute approximate surface area is 189 Å². The summed E-state index contributed by atoms with van der Waals surface area (Å²) in [4.78, 5) is 39.1. The number of ether oxygens (including phenoxy) is 1. The van der Waals surface area contributed by atoms with Crippen LogP contribution >= 0.6 is 0 Å².